The molecule has 1 aliphatic carbocycles. The average Bonchev–Trinajstić information content (AvgIpc) is 2.75. The Kier molecular flexibility index (Phi) is 3.85. The van der Waals surface area contributed by atoms with Crippen LogP contribution in [0.15, 0.2) is 16.5 Å². The molecule has 0 aliphatic heterocycles. The number of amides is 1. The summed E-state index contributed by atoms with van der Waals surface area (Å²) in [7, 11) is 0. The molecule has 2 atom stereocenters. The molecule has 0 spiro atoms. The van der Waals surface area contributed by atoms with Gasteiger partial charge in [0.25, 0.3) is 5.91 Å². The van der Waals surface area contributed by atoms with Crippen LogP contribution in [0.2, 0.25) is 5.22 Å². The maximum Gasteiger partial charge on any atom is 0.329 e. The smallest absolute Gasteiger partial charge is 0.329 e. The zero-order chi connectivity index (χ0) is 14.0. The van der Waals surface area contributed by atoms with Crippen LogP contribution < -0.4 is 5.32 Å². The quantitative estimate of drug-likeness (QED) is 0.895. The van der Waals surface area contributed by atoms with Crippen molar-refractivity contribution in [2.45, 2.75) is 38.1 Å². The van der Waals surface area contributed by atoms with Crippen LogP contribution in [0.25, 0.3) is 0 Å². The summed E-state index contributed by atoms with van der Waals surface area (Å²) in [6.45, 7) is 1.99. The molecule has 104 valence electrons. The summed E-state index contributed by atoms with van der Waals surface area (Å²) in [6, 6.07) is 2.88. The Morgan fingerprint density at radius 1 is 1.53 bits per heavy atom. The number of carboxylic acids is 1. The van der Waals surface area contributed by atoms with E-state index in [-0.39, 0.29) is 16.9 Å². The lowest BCUT2D eigenvalue weighted by Gasteiger charge is -2.36. The highest BCUT2D eigenvalue weighted by Crippen LogP contribution is 2.33. The van der Waals surface area contributed by atoms with E-state index in [0.29, 0.717) is 12.8 Å². The number of furan rings is 1. The fourth-order valence-corrected chi connectivity index (χ4v) is 2.77. The lowest BCUT2D eigenvalue weighted by Crippen LogP contribution is -2.56. The van der Waals surface area contributed by atoms with Gasteiger partial charge in [0.15, 0.2) is 11.0 Å². The van der Waals surface area contributed by atoms with Crippen LogP contribution in [0.1, 0.15) is 43.2 Å². The van der Waals surface area contributed by atoms with Gasteiger partial charge in [0.05, 0.1) is 0 Å². The van der Waals surface area contributed by atoms with E-state index in [4.69, 9.17) is 16.0 Å². The Bertz CT molecular complexity index is 499. The van der Waals surface area contributed by atoms with E-state index in [1.165, 1.54) is 12.1 Å². The average molecular weight is 286 g/mol. The molecule has 2 unspecified atom stereocenters. The van der Waals surface area contributed by atoms with Gasteiger partial charge >= 0.3 is 5.97 Å². The second-order valence-corrected chi connectivity index (χ2v) is 5.52. The molecule has 1 heterocycles. The molecular formula is C13H16ClNO4. The summed E-state index contributed by atoms with van der Waals surface area (Å²) >= 11 is 5.60. The number of rotatable bonds is 3. The Morgan fingerprint density at radius 2 is 2.26 bits per heavy atom. The molecule has 1 fully saturated rings. The fourth-order valence-electron chi connectivity index (χ4n) is 2.63. The summed E-state index contributed by atoms with van der Waals surface area (Å²) in [4.78, 5) is 23.5. The predicted molar refractivity (Wildman–Crippen MR) is 69.2 cm³/mol. The first-order valence-electron chi connectivity index (χ1n) is 6.24. The van der Waals surface area contributed by atoms with E-state index < -0.39 is 17.4 Å². The molecule has 2 rings (SSSR count). The third-order valence-electron chi connectivity index (χ3n) is 3.56. The van der Waals surface area contributed by atoms with Gasteiger partial charge < -0.3 is 14.8 Å². The number of carboxylic acid groups (broad SMARTS) is 1. The van der Waals surface area contributed by atoms with Gasteiger partial charge in [0, 0.05) is 0 Å². The van der Waals surface area contributed by atoms with Crippen molar-refractivity contribution in [2.24, 2.45) is 5.92 Å². The zero-order valence-electron chi connectivity index (χ0n) is 10.6. The van der Waals surface area contributed by atoms with Gasteiger partial charge in [-0.15, -0.1) is 0 Å². The topological polar surface area (TPSA) is 79.5 Å². The van der Waals surface area contributed by atoms with Crippen molar-refractivity contribution in [2.75, 3.05) is 0 Å². The molecule has 1 aromatic rings. The molecule has 19 heavy (non-hydrogen) atoms. The fraction of sp³-hybridized carbons (Fsp3) is 0.538. The SMILES string of the molecule is CC1CCCC(NC(=O)c2ccc(Cl)o2)(C(=O)O)C1. The summed E-state index contributed by atoms with van der Waals surface area (Å²) in [5.74, 6) is -1.23. The number of hydrogen-bond donors (Lipinski definition) is 2. The van der Waals surface area contributed by atoms with Gasteiger partial charge in [0.1, 0.15) is 5.54 Å². The van der Waals surface area contributed by atoms with E-state index in [9.17, 15) is 14.7 Å². The summed E-state index contributed by atoms with van der Waals surface area (Å²) in [5, 5.41) is 12.1. The van der Waals surface area contributed by atoms with E-state index in [2.05, 4.69) is 5.32 Å². The van der Waals surface area contributed by atoms with Crippen LogP contribution in [0, 0.1) is 5.92 Å². The second kappa shape index (κ2) is 5.25. The molecule has 0 radical (unpaired) electrons. The lowest BCUT2D eigenvalue weighted by molar-refractivity contribution is -0.146. The first kappa shape index (κ1) is 13.9. The highest BCUT2D eigenvalue weighted by atomic mass is 35.5. The first-order valence-corrected chi connectivity index (χ1v) is 6.62. The molecule has 2 N–H and O–H groups in total. The van der Waals surface area contributed by atoms with E-state index in [1.807, 2.05) is 6.92 Å². The Balaban J connectivity index is 2.17. The highest BCUT2D eigenvalue weighted by molar-refractivity contribution is 6.29. The van der Waals surface area contributed by atoms with Crippen LogP contribution in [0.3, 0.4) is 0 Å². The van der Waals surface area contributed by atoms with Crippen molar-refractivity contribution in [3.8, 4) is 0 Å². The third-order valence-corrected chi connectivity index (χ3v) is 3.76. The van der Waals surface area contributed by atoms with Gasteiger partial charge in [-0.25, -0.2) is 4.79 Å². The van der Waals surface area contributed by atoms with E-state index in [1.54, 1.807) is 0 Å². The first-order chi connectivity index (χ1) is 8.93. The lowest BCUT2D eigenvalue weighted by atomic mass is 9.76. The monoisotopic (exact) mass is 285 g/mol. The van der Waals surface area contributed by atoms with Crippen molar-refractivity contribution < 1.29 is 19.1 Å². The molecular weight excluding hydrogens is 270 g/mol. The number of nitrogens with one attached hydrogen (secondary N) is 1. The number of carbonyl (C=O) groups is 2. The Labute approximate surface area is 115 Å². The second-order valence-electron chi connectivity index (χ2n) is 5.15. The maximum atomic E-state index is 12.0. The minimum Gasteiger partial charge on any atom is -0.480 e. The van der Waals surface area contributed by atoms with Gasteiger partial charge in [-0.05, 0) is 42.5 Å². The molecule has 1 saturated carbocycles. The summed E-state index contributed by atoms with van der Waals surface area (Å²) in [5.41, 5.74) is -1.20. The van der Waals surface area contributed by atoms with Crippen LogP contribution >= 0.6 is 11.6 Å². The van der Waals surface area contributed by atoms with Crippen LogP contribution in [-0.2, 0) is 4.79 Å². The largest absolute Gasteiger partial charge is 0.480 e. The number of aliphatic carboxylic acids is 1. The van der Waals surface area contributed by atoms with Crippen molar-refractivity contribution in [3.63, 3.8) is 0 Å². The van der Waals surface area contributed by atoms with Gasteiger partial charge in [-0.1, -0.05) is 19.8 Å². The molecule has 0 aromatic carbocycles. The van der Waals surface area contributed by atoms with E-state index in [0.717, 1.165) is 12.8 Å². The molecule has 6 heteroatoms. The molecule has 1 amide bonds. The predicted octanol–water partition coefficient (Wildman–Crippen LogP) is 2.70. The molecule has 0 saturated heterocycles. The van der Waals surface area contributed by atoms with Gasteiger partial charge in [-0.3, -0.25) is 4.79 Å². The van der Waals surface area contributed by atoms with Crippen molar-refractivity contribution in [3.05, 3.63) is 23.1 Å². The molecule has 5 nitrogen and oxygen atoms in total. The minimum atomic E-state index is -1.20. The van der Waals surface area contributed by atoms with Gasteiger partial charge in [-0.2, -0.15) is 0 Å². The van der Waals surface area contributed by atoms with E-state index >= 15 is 0 Å². The van der Waals surface area contributed by atoms with Crippen LogP contribution in [-0.4, -0.2) is 22.5 Å². The highest BCUT2D eigenvalue weighted by Gasteiger charge is 2.43. The normalized spacial score (nSPS) is 26.9. The van der Waals surface area contributed by atoms with Crippen molar-refractivity contribution in [1.29, 1.82) is 0 Å². The zero-order valence-corrected chi connectivity index (χ0v) is 11.4. The van der Waals surface area contributed by atoms with Crippen molar-refractivity contribution >= 4 is 23.5 Å². The van der Waals surface area contributed by atoms with Crippen LogP contribution in [0.4, 0.5) is 0 Å². The Morgan fingerprint density at radius 3 is 2.79 bits per heavy atom. The summed E-state index contributed by atoms with van der Waals surface area (Å²) < 4.78 is 5.00. The molecule has 1 aliphatic rings. The molecule has 1 aromatic heterocycles. The number of carbonyl (C=O) groups excluding carboxylic acids is 1. The standard InChI is InChI=1S/C13H16ClNO4/c1-8-3-2-6-13(7-8,12(17)18)15-11(16)9-4-5-10(14)19-9/h4-5,8H,2-3,6-7H2,1H3,(H,15,16)(H,17,18). The Hall–Kier alpha value is -1.49. The number of hydrogen-bond acceptors (Lipinski definition) is 3. The maximum absolute atomic E-state index is 12.0. The third kappa shape index (κ3) is 2.92. The van der Waals surface area contributed by atoms with Crippen LogP contribution in [0.5, 0.6) is 0 Å². The van der Waals surface area contributed by atoms with Gasteiger partial charge in [0.2, 0.25) is 0 Å². The minimum absolute atomic E-state index is 0.0313. The number of halogens is 1. The summed E-state index contributed by atoms with van der Waals surface area (Å²) in [6.07, 6.45) is 2.64. The molecule has 0 bridgehead atoms. The van der Waals surface area contributed by atoms with Crippen molar-refractivity contribution in [1.82, 2.24) is 5.32 Å².